The number of rotatable bonds is 11. The van der Waals surface area contributed by atoms with E-state index in [-0.39, 0.29) is 30.4 Å². The lowest BCUT2D eigenvalue weighted by atomic mass is 10.1. The van der Waals surface area contributed by atoms with Gasteiger partial charge in [0.25, 0.3) is 5.91 Å². The number of carbonyl (C=O) groups excluding carboxylic acids is 2. The molecule has 0 aliphatic carbocycles. The van der Waals surface area contributed by atoms with Crippen molar-refractivity contribution in [3.8, 4) is 0 Å². The number of hydrogen-bond donors (Lipinski definition) is 1. The molecule has 2 amide bonds. The summed E-state index contributed by atoms with van der Waals surface area (Å²) < 4.78 is 2.05. The molecule has 2 aromatic heterocycles. The van der Waals surface area contributed by atoms with Crippen molar-refractivity contribution in [2.75, 3.05) is 6.54 Å². The molecule has 2 unspecified atom stereocenters. The summed E-state index contributed by atoms with van der Waals surface area (Å²) in [4.78, 5) is 33.1. The van der Waals surface area contributed by atoms with Gasteiger partial charge in [-0.3, -0.25) is 9.59 Å². The van der Waals surface area contributed by atoms with Gasteiger partial charge in [-0.05, 0) is 56.7 Å². The highest BCUT2D eigenvalue weighted by Crippen LogP contribution is 2.20. The Morgan fingerprint density at radius 2 is 1.81 bits per heavy atom. The summed E-state index contributed by atoms with van der Waals surface area (Å²) in [5.41, 5.74) is 1.88. The van der Waals surface area contributed by atoms with Gasteiger partial charge in [0.05, 0.1) is 15.9 Å². The normalized spacial score (nSPS) is 13.1. The smallest absolute Gasteiger partial charge is 0.261 e. The van der Waals surface area contributed by atoms with Crippen molar-refractivity contribution in [3.63, 3.8) is 0 Å². The fourth-order valence-electron chi connectivity index (χ4n) is 3.97. The highest BCUT2D eigenvalue weighted by Gasteiger charge is 2.25. The van der Waals surface area contributed by atoms with Crippen molar-refractivity contribution in [1.82, 2.24) is 19.8 Å². The van der Waals surface area contributed by atoms with Crippen LogP contribution in [0.15, 0.2) is 41.8 Å². The number of aryl methyl sites for hydroxylation is 1. The molecule has 7 heteroatoms. The van der Waals surface area contributed by atoms with Crippen LogP contribution in [0.3, 0.4) is 0 Å². The highest BCUT2D eigenvalue weighted by atomic mass is 32.1. The van der Waals surface area contributed by atoms with Crippen LogP contribution in [-0.4, -0.2) is 44.9 Å². The van der Waals surface area contributed by atoms with Gasteiger partial charge in [-0.15, -0.1) is 11.3 Å². The van der Waals surface area contributed by atoms with Gasteiger partial charge in [0, 0.05) is 25.0 Å². The van der Waals surface area contributed by atoms with Crippen molar-refractivity contribution in [1.29, 1.82) is 0 Å². The summed E-state index contributed by atoms with van der Waals surface area (Å²) in [6, 6.07) is 12.1. The average Bonchev–Trinajstić information content (AvgIpc) is 3.45. The second-order valence-corrected chi connectivity index (χ2v) is 9.20. The van der Waals surface area contributed by atoms with Gasteiger partial charge in [0.15, 0.2) is 0 Å². The lowest BCUT2D eigenvalue weighted by Crippen LogP contribution is -2.45. The maximum atomic E-state index is 13.4. The van der Waals surface area contributed by atoms with Crippen LogP contribution in [0.4, 0.5) is 0 Å². The van der Waals surface area contributed by atoms with Gasteiger partial charge in [-0.1, -0.05) is 32.0 Å². The fourth-order valence-corrected chi connectivity index (χ4v) is 4.61. The third-order valence-corrected chi connectivity index (χ3v) is 6.92. The number of amides is 2. The van der Waals surface area contributed by atoms with E-state index in [9.17, 15) is 9.59 Å². The van der Waals surface area contributed by atoms with Crippen molar-refractivity contribution in [3.05, 3.63) is 52.5 Å². The molecule has 1 N–H and O–H groups in total. The number of fused-ring (bicyclic) bond motifs is 1. The van der Waals surface area contributed by atoms with Gasteiger partial charge < -0.3 is 14.8 Å². The molecular weight excluding hydrogens is 420 g/mol. The molecule has 32 heavy (non-hydrogen) atoms. The van der Waals surface area contributed by atoms with Crippen molar-refractivity contribution < 1.29 is 9.59 Å². The van der Waals surface area contributed by atoms with E-state index in [0.29, 0.717) is 13.0 Å². The summed E-state index contributed by atoms with van der Waals surface area (Å²) in [5.74, 6) is 0.976. The molecule has 3 aromatic rings. The highest BCUT2D eigenvalue weighted by molar-refractivity contribution is 7.12. The van der Waals surface area contributed by atoms with Crippen LogP contribution < -0.4 is 5.32 Å². The van der Waals surface area contributed by atoms with Crippen molar-refractivity contribution >= 4 is 34.2 Å². The maximum Gasteiger partial charge on any atom is 0.261 e. The van der Waals surface area contributed by atoms with E-state index in [2.05, 4.69) is 37.6 Å². The Labute approximate surface area is 194 Å². The zero-order chi connectivity index (χ0) is 23.1. The minimum atomic E-state index is -0.0403. The molecule has 0 radical (unpaired) electrons. The largest absolute Gasteiger partial charge is 0.351 e. The minimum absolute atomic E-state index is 0.0403. The molecule has 6 nitrogen and oxygen atoms in total. The minimum Gasteiger partial charge on any atom is -0.351 e. The second-order valence-electron chi connectivity index (χ2n) is 8.26. The Morgan fingerprint density at radius 3 is 2.47 bits per heavy atom. The fraction of sp³-hybridized carbons (Fsp3) is 0.480. The summed E-state index contributed by atoms with van der Waals surface area (Å²) in [6.07, 6.45) is 3.31. The zero-order valence-corrected chi connectivity index (χ0v) is 20.3. The Hall–Kier alpha value is -2.67. The molecule has 2 atom stereocenters. The van der Waals surface area contributed by atoms with E-state index < -0.39 is 0 Å². The molecule has 0 spiro atoms. The number of benzene rings is 1. The molecule has 0 fully saturated rings. The van der Waals surface area contributed by atoms with Crippen LogP contribution in [0.5, 0.6) is 0 Å². The van der Waals surface area contributed by atoms with Crippen molar-refractivity contribution in [2.45, 2.75) is 72.0 Å². The number of carbonyl (C=O) groups is 2. The predicted molar refractivity (Wildman–Crippen MR) is 131 cm³/mol. The zero-order valence-electron chi connectivity index (χ0n) is 19.5. The number of thiophene rings is 1. The first-order valence-electron chi connectivity index (χ1n) is 11.5. The molecule has 1 aromatic carbocycles. The lowest BCUT2D eigenvalue weighted by molar-refractivity contribution is -0.136. The SMILES string of the molecule is CCC(C)N(C(=O)Cn1c(CCCNC(=O)c2cccs2)nc2ccccc21)C(C)CC. The summed E-state index contributed by atoms with van der Waals surface area (Å²) >= 11 is 1.44. The number of para-hydroxylation sites is 2. The van der Waals surface area contributed by atoms with Gasteiger partial charge in [0.2, 0.25) is 5.91 Å². The van der Waals surface area contributed by atoms with E-state index in [1.165, 1.54) is 11.3 Å². The molecule has 0 saturated heterocycles. The molecule has 2 heterocycles. The molecular formula is C25H34N4O2S. The molecule has 3 rings (SSSR count). The number of hydrogen-bond acceptors (Lipinski definition) is 4. The monoisotopic (exact) mass is 454 g/mol. The number of nitrogens with zero attached hydrogens (tertiary/aromatic N) is 3. The maximum absolute atomic E-state index is 13.4. The van der Waals surface area contributed by atoms with Crippen LogP contribution in [0.2, 0.25) is 0 Å². The summed E-state index contributed by atoms with van der Waals surface area (Å²) in [7, 11) is 0. The second kappa shape index (κ2) is 11.3. The summed E-state index contributed by atoms with van der Waals surface area (Å²) in [5, 5.41) is 4.87. The first-order chi connectivity index (χ1) is 15.5. The first-order valence-corrected chi connectivity index (χ1v) is 12.4. The van der Waals surface area contributed by atoms with Gasteiger partial charge in [0.1, 0.15) is 12.4 Å². The van der Waals surface area contributed by atoms with E-state index in [1.807, 2.05) is 46.7 Å². The molecule has 0 bridgehead atoms. The third-order valence-electron chi connectivity index (χ3n) is 6.05. The predicted octanol–water partition coefficient (Wildman–Crippen LogP) is 4.89. The van der Waals surface area contributed by atoms with Gasteiger partial charge in [-0.25, -0.2) is 4.98 Å². The molecule has 0 aliphatic rings. The van der Waals surface area contributed by atoms with Crippen LogP contribution in [0, 0.1) is 0 Å². The molecule has 172 valence electrons. The van der Waals surface area contributed by atoms with Gasteiger partial charge in [-0.2, -0.15) is 0 Å². The summed E-state index contributed by atoms with van der Waals surface area (Å²) in [6.45, 7) is 9.33. The number of nitrogens with one attached hydrogen (secondary N) is 1. The Morgan fingerprint density at radius 1 is 1.09 bits per heavy atom. The van der Waals surface area contributed by atoms with E-state index in [1.54, 1.807) is 0 Å². The van der Waals surface area contributed by atoms with Crippen LogP contribution in [0.25, 0.3) is 11.0 Å². The average molecular weight is 455 g/mol. The Kier molecular flexibility index (Phi) is 8.45. The third kappa shape index (κ3) is 5.57. The van der Waals surface area contributed by atoms with Crippen LogP contribution in [-0.2, 0) is 17.8 Å². The lowest BCUT2D eigenvalue weighted by Gasteiger charge is -2.34. The van der Waals surface area contributed by atoms with Crippen LogP contribution in [0.1, 0.15) is 62.5 Å². The number of aromatic nitrogens is 2. The standard InChI is InChI=1S/C25H34N4O2S/c1-5-18(3)29(19(4)6-2)24(30)17-28-21-12-8-7-11-20(21)27-23(28)14-9-15-26-25(31)22-13-10-16-32-22/h7-8,10-13,16,18-19H,5-6,9,14-15,17H2,1-4H3,(H,26,31). The molecule has 0 saturated carbocycles. The Bertz CT molecular complexity index is 1020. The van der Waals surface area contributed by atoms with E-state index in [4.69, 9.17) is 4.98 Å². The van der Waals surface area contributed by atoms with Crippen molar-refractivity contribution in [2.24, 2.45) is 0 Å². The molecule has 0 aliphatic heterocycles. The van der Waals surface area contributed by atoms with Gasteiger partial charge >= 0.3 is 0 Å². The van der Waals surface area contributed by atoms with E-state index in [0.717, 1.165) is 41.0 Å². The van der Waals surface area contributed by atoms with Crippen LogP contribution >= 0.6 is 11.3 Å². The first kappa shape index (κ1) is 24.0. The number of imidazole rings is 1. The quantitative estimate of drug-likeness (QED) is 0.420. The van der Waals surface area contributed by atoms with E-state index >= 15 is 0 Å². The topological polar surface area (TPSA) is 67.2 Å². The Balaban J connectivity index is 1.73.